The Hall–Kier alpha value is -1.55. The number of carbonyl (C=O) groups is 2. The van der Waals surface area contributed by atoms with E-state index in [-0.39, 0.29) is 19.4 Å². The van der Waals surface area contributed by atoms with Crippen molar-refractivity contribution in [2.24, 2.45) is 0 Å². The van der Waals surface area contributed by atoms with E-state index in [2.05, 4.69) is 30.2 Å². The summed E-state index contributed by atoms with van der Waals surface area (Å²) in [5.41, 5.74) is 0. The third-order valence-electron chi connectivity index (χ3n) is 9.22. The molecule has 0 aromatic rings. The highest BCUT2D eigenvalue weighted by Crippen LogP contribution is 2.43. The number of allylic oxidation sites excluding steroid dienone is 3. The van der Waals surface area contributed by atoms with Crippen LogP contribution in [0.25, 0.3) is 0 Å². The van der Waals surface area contributed by atoms with Crippen molar-refractivity contribution in [3.63, 3.8) is 0 Å². The zero-order valence-corrected chi connectivity index (χ0v) is 34.5. The number of unbranched alkanes of at least 4 members (excludes halogenated alkanes) is 24. The molecule has 10 nitrogen and oxygen atoms in total. The van der Waals surface area contributed by atoms with Gasteiger partial charge in [-0.1, -0.05) is 147 Å². The zero-order chi connectivity index (χ0) is 39.1. The third-order valence-corrected chi connectivity index (χ3v) is 10.2. The van der Waals surface area contributed by atoms with Crippen molar-refractivity contribution >= 4 is 19.8 Å². The molecule has 0 aliphatic heterocycles. The number of phosphoric ester groups is 1. The molecule has 312 valence electrons. The number of rotatable bonds is 41. The van der Waals surface area contributed by atoms with Crippen LogP contribution in [0.1, 0.15) is 193 Å². The molecule has 3 atom stereocenters. The standard InChI is InChI=1S/C42H79O10P/c1-3-5-7-9-11-13-15-17-19-21-23-25-27-29-31-33-41(45)49-37-40(38-51-53(47,48)50-36-39(44)35-43)52-42(46)34-32-30-28-26-24-22-20-18-16-14-12-10-8-6-4-2/h3,14,16,39-40,43-44H,1,4-13,15,17-38H2,2H3,(H,47,48)/b16-14+/t39-,40+/m0/s1. The quantitative estimate of drug-likeness (QED) is 0.0237. The molecule has 53 heavy (non-hydrogen) atoms. The molecule has 0 bridgehead atoms. The van der Waals surface area contributed by atoms with Crippen LogP contribution in [0.5, 0.6) is 0 Å². The van der Waals surface area contributed by atoms with Crippen molar-refractivity contribution in [1.29, 1.82) is 0 Å². The highest BCUT2D eigenvalue weighted by Gasteiger charge is 2.27. The average Bonchev–Trinajstić information content (AvgIpc) is 3.14. The van der Waals surface area contributed by atoms with Crippen molar-refractivity contribution in [2.45, 2.75) is 205 Å². The Morgan fingerprint density at radius 1 is 0.604 bits per heavy atom. The molecular weight excluding hydrogens is 695 g/mol. The number of hydrogen-bond acceptors (Lipinski definition) is 9. The fraction of sp³-hybridized carbons (Fsp3) is 0.857. The van der Waals surface area contributed by atoms with Gasteiger partial charge in [-0.25, -0.2) is 4.57 Å². The second-order valence-electron chi connectivity index (χ2n) is 14.4. The van der Waals surface area contributed by atoms with Crippen LogP contribution >= 0.6 is 7.82 Å². The highest BCUT2D eigenvalue weighted by atomic mass is 31.2. The molecule has 0 rings (SSSR count). The first-order valence-corrected chi connectivity index (χ1v) is 22.7. The molecule has 0 spiro atoms. The first-order chi connectivity index (χ1) is 25.7. The van der Waals surface area contributed by atoms with E-state index in [9.17, 15) is 24.2 Å². The maximum absolute atomic E-state index is 12.6. The molecule has 0 saturated carbocycles. The molecule has 0 aliphatic carbocycles. The summed E-state index contributed by atoms with van der Waals surface area (Å²) in [4.78, 5) is 34.9. The average molecular weight is 775 g/mol. The summed E-state index contributed by atoms with van der Waals surface area (Å²) in [5, 5.41) is 18.3. The van der Waals surface area contributed by atoms with Crippen LogP contribution in [-0.4, -0.2) is 65.7 Å². The topological polar surface area (TPSA) is 149 Å². The van der Waals surface area contributed by atoms with Gasteiger partial charge in [-0.05, 0) is 51.4 Å². The molecule has 0 fully saturated rings. The highest BCUT2D eigenvalue weighted by molar-refractivity contribution is 7.47. The SMILES string of the molecule is C=CCCCCCCCCCCCCCCCC(=O)OC[C@H](COP(=O)(O)OC[C@@H](O)CO)OC(=O)CCCCCCCCC/C=C/CCCCCC. The minimum absolute atomic E-state index is 0.180. The lowest BCUT2D eigenvalue weighted by molar-refractivity contribution is -0.161. The van der Waals surface area contributed by atoms with Crippen LogP contribution in [0.4, 0.5) is 0 Å². The Morgan fingerprint density at radius 3 is 1.49 bits per heavy atom. The van der Waals surface area contributed by atoms with Crippen LogP contribution in [0, 0.1) is 0 Å². The van der Waals surface area contributed by atoms with Gasteiger partial charge in [0.05, 0.1) is 19.8 Å². The molecular formula is C42H79O10P. The van der Waals surface area contributed by atoms with Crippen LogP contribution in [0.15, 0.2) is 24.8 Å². The van der Waals surface area contributed by atoms with Gasteiger partial charge in [0.25, 0.3) is 0 Å². The van der Waals surface area contributed by atoms with E-state index >= 15 is 0 Å². The summed E-state index contributed by atoms with van der Waals surface area (Å²) in [6, 6.07) is 0. The predicted octanol–water partition coefficient (Wildman–Crippen LogP) is 11.0. The number of phosphoric acid groups is 1. The van der Waals surface area contributed by atoms with Gasteiger partial charge in [0.2, 0.25) is 0 Å². The number of aliphatic hydroxyl groups excluding tert-OH is 2. The predicted molar refractivity (Wildman–Crippen MR) is 215 cm³/mol. The van der Waals surface area contributed by atoms with Gasteiger partial charge in [-0.2, -0.15) is 0 Å². The second-order valence-corrected chi connectivity index (χ2v) is 15.9. The van der Waals surface area contributed by atoms with E-state index in [0.29, 0.717) is 12.8 Å². The molecule has 0 saturated heterocycles. The monoisotopic (exact) mass is 775 g/mol. The van der Waals surface area contributed by atoms with Gasteiger partial charge in [0, 0.05) is 12.8 Å². The number of esters is 2. The summed E-state index contributed by atoms with van der Waals surface area (Å²) in [6.45, 7) is 3.89. The molecule has 0 amide bonds. The number of carbonyl (C=O) groups excluding carboxylic acids is 2. The fourth-order valence-electron chi connectivity index (χ4n) is 5.91. The molecule has 0 aromatic carbocycles. The van der Waals surface area contributed by atoms with Gasteiger partial charge < -0.3 is 24.6 Å². The van der Waals surface area contributed by atoms with Crippen LogP contribution in [0.3, 0.4) is 0 Å². The maximum atomic E-state index is 12.6. The normalized spacial score (nSPS) is 13.9. The van der Waals surface area contributed by atoms with Crippen molar-refractivity contribution in [3.8, 4) is 0 Å². The molecule has 0 heterocycles. The molecule has 0 aromatic heterocycles. The Balaban J connectivity index is 4.28. The minimum atomic E-state index is -4.61. The largest absolute Gasteiger partial charge is 0.472 e. The minimum Gasteiger partial charge on any atom is -0.462 e. The van der Waals surface area contributed by atoms with E-state index in [1.807, 2.05) is 6.08 Å². The lowest BCUT2D eigenvalue weighted by Crippen LogP contribution is -2.29. The lowest BCUT2D eigenvalue weighted by Gasteiger charge is -2.20. The van der Waals surface area contributed by atoms with Crippen LogP contribution in [0.2, 0.25) is 0 Å². The molecule has 11 heteroatoms. The van der Waals surface area contributed by atoms with Crippen LogP contribution < -0.4 is 0 Å². The number of hydrogen-bond donors (Lipinski definition) is 3. The Kier molecular flexibility index (Phi) is 37.6. The van der Waals surface area contributed by atoms with Crippen LogP contribution in [-0.2, 0) is 32.7 Å². The van der Waals surface area contributed by atoms with E-state index in [4.69, 9.17) is 19.1 Å². The summed E-state index contributed by atoms with van der Waals surface area (Å²) in [5.74, 6) is -0.928. The fourth-order valence-corrected chi connectivity index (χ4v) is 6.70. The Labute approximate surface area is 323 Å². The first-order valence-electron chi connectivity index (χ1n) is 21.3. The molecule has 1 unspecified atom stereocenters. The van der Waals surface area contributed by atoms with Gasteiger partial charge in [0.1, 0.15) is 12.7 Å². The van der Waals surface area contributed by atoms with E-state index in [1.54, 1.807) is 0 Å². The zero-order valence-electron chi connectivity index (χ0n) is 33.6. The van der Waals surface area contributed by atoms with Crippen molar-refractivity contribution in [2.75, 3.05) is 26.4 Å². The summed E-state index contributed by atoms with van der Waals surface area (Å²) >= 11 is 0. The van der Waals surface area contributed by atoms with E-state index in [1.165, 1.54) is 109 Å². The smallest absolute Gasteiger partial charge is 0.462 e. The molecule has 0 radical (unpaired) electrons. The van der Waals surface area contributed by atoms with Crippen molar-refractivity contribution in [3.05, 3.63) is 24.8 Å². The van der Waals surface area contributed by atoms with Crippen molar-refractivity contribution in [1.82, 2.24) is 0 Å². The van der Waals surface area contributed by atoms with Gasteiger partial charge >= 0.3 is 19.8 Å². The molecule has 0 aliphatic rings. The lowest BCUT2D eigenvalue weighted by atomic mass is 10.0. The van der Waals surface area contributed by atoms with Gasteiger partial charge in [0.15, 0.2) is 6.10 Å². The Bertz CT molecular complexity index is 928. The number of ether oxygens (including phenoxy) is 2. The van der Waals surface area contributed by atoms with E-state index in [0.717, 1.165) is 51.4 Å². The van der Waals surface area contributed by atoms with Gasteiger partial charge in [-0.15, -0.1) is 6.58 Å². The Morgan fingerprint density at radius 2 is 1.02 bits per heavy atom. The maximum Gasteiger partial charge on any atom is 0.472 e. The third kappa shape index (κ3) is 38.5. The summed E-state index contributed by atoms with van der Waals surface area (Å²) in [7, 11) is -4.61. The van der Waals surface area contributed by atoms with E-state index < -0.39 is 51.8 Å². The first kappa shape index (κ1) is 51.5. The second kappa shape index (κ2) is 38.7. The summed E-state index contributed by atoms with van der Waals surface area (Å²) in [6.07, 6.45) is 36.0. The summed E-state index contributed by atoms with van der Waals surface area (Å²) < 4.78 is 32.7. The molecule has 3 N–H and O–H groups in total. The number of aliphatic hydroxyl groups is 2. The van der Waals surface area contributed by atoms with Gasteiger partial charge in [-0.3, -0.25) is 18.6 Å². The van der Waals surface area contributed by atoms with Crippen molar-refractivity contribution < 1.29 is 47.8 Å².